The molecule has 0 aromatic heterocycles. The van der Waals surface area contributed by atoms with Crippen LogP contribution in [0.1, 0.15) is 34.6 Å². The third-order valence-electron chi connectivity index (χ3n) is 2.36. The van der Waals surface area contributed by atoms with Gasteiger partial charge in [0.15, 0.2) is 6.29 Å². The van der Waals surface area contributed by atoms with Crippen LogP contribution in [-0.4, -0.2) is 42.6 Å². The van der Waals surface area contributed by atoms with E-state index in [9.17, 15) is 9.59 Å². The topological polar surface area (TPSA) is 71.1 Å². The molecule has 6 nitrogen and oxygen atoms in total. The Hall–Kier alpha value is -1.40. The largest absolute Gasteiger partial charge is 0.463 e. The Morgan fingerprint density at radius 3 is 2.30 bits per heavy atom. The standard InChI is InChI=1S/C14H22O6/c1-9(15)17-8-12-11(18-10(2)16)6-7-13(19-12)20-14(3,4)5/h6-7,11-13H,8H2,1-5H3/t11-,12+,13-/m0/s1. The van der Waals surface area contributed by atoms with Crippen LogP contribution in [0.15, 0.2) is 12.2 Å². The Balaban J connectivity index is 2.71. The molecular formula is C14H22O6. The molecule has 0 aliphatic carbocycles. The summed E-state index contributed by atoms with van der Waals surface area (Å²) in [6.45, 7) is 8.34. The van der Waals surface area contributed by atoms with Crippen LogP contribution in [0, 0.1) is 0 Å². The lowest BCUT2D eigenvalue weighted by Crippen LogP contribution is -2.43. The highest BCUT2D eigenvalue weighted by Gasteiger charge is 2.32. The second-order valence-electron chi connectivity index (χ2n) is 5.53. The molecule has 1 aliphatic rings. The molecule has 0 saturated heterocycles. The molecule has 1 aliphatic heterocycles. The van der Waals surface area contributed by atoms with Crippen LogP contribution in [0.5, 0.6) is 0 Å². The summed E-state index contributed by atoms with van der Waals surface area (Å²) in [7, 11) is 0. The van der Waals surface area contributed by atoms with E-state index < -0.39 is 30.4 Å². The van der Waals surface area contributed by atoms with Crippen molar-refractivity contribution >= 4 is 11.9 Å². The lowest BCUT2D eigenvalue weighted by atomic mass is 10.1. The van der Waals surface area contributed by atoms with Crippen molar-refractivity contribution in [1.29, 1.82) is 0 Å². The zero-order valence-electron chi connectivity index (χ0n) is 12.5. The fourth-order valence-corrected chi connectivity index (χ4v) is 1.68. The van der Waals surface area contributed by atoms with E-state index in [2.05, 4.69) is 0 Å². The van der Waals surface area contributed by atoms with Gasteiger partial charge in [0.1, 0.15) is 18.8 Å². The van der Waals surface area contributed by atoms with Crippen molar-refractivity contribution in [1.82, 2.24) is 0 Å². The summed E-state index contributed by atoms with van der Waals surface area (Å²) in [6, 6.07) is 0. The number of carbonyl (C=O) groups excluding carboxylic acids is 2. The van der Waals surface area contributed by atoms with Crippen LogP contribution in [0.2, 0.25) is 0 Å². The van der Waals surface area contributed by atoms with Gasteiger partial charge in [-0.1, -0.05) is 0 Å². The molecule has 0 amide bonds. The summed E-state index contributed by atoms with van der Waals surface area (Å²) >= 11 is 0. The molecule has 0 spiro atoms. The predicted molar refractivity (Wildman–Crippen MR) is 70.8 cm³/mol. The van der Waals surface area contributed by atoms with Crippen molar-refractivity contribution in [3.05, 3.63) is 12.2 Å². The van der Waals surface area contributed by atoms with Crippen molar-refractivity contribution in [3.63, 3.8) is 0 Å². The predicted octanol–water partition coefficient (Wildman–Crippen LogP) is 1.58. The number of carbonyl (C=O) groups is 2. The highest BCUT2D eigenvalue weighted by molar-refractivity contribution is 5.66. The molecule has 20 heavy (non-hydrogen) atoms. The first-order chi connectivity index (χ1) is 9.17. The summed E-state index contributed by atoms with van der Waals surface area (Å²) in [4.78, 5) is 21.9. The molecule has 0 radical (unpaired) electrons. The van der Waals surface area contributed by atoms with Crippen molar-refractivity contribution in [2.45, 2.75) is 58.7 Å². The average Bonchev–Trinajstić information content (AvgIpc) is 2.26. The molecule has 6 heteroatoms. The average molecular weight is 286 g/mol. The molecule has 0 N–H and O–H groups in total. The Morgan fingerprint density at radius 1 is 1.15 bits per heavy atom. The Labute approximate surface area is 119 Å². The van der Waals surface area contributed by atoms with Gasteiger partial charge in [-0.15, -0.1) is 0 Å². The van der Waals surface area contributed by atoms with Gasteiger partial charge in [-0.2, -0.15) is 0 Å². The first-order valence-corrected chi connectivity index (χ1v) is 6.49. The van der Waals surface area contributed by atoms with Crippen LogP contribution in [0.3, 0.4) is 0 Å². The summed E-state index contributed by atoms with van der Waals surface area (Å²) in [5.41, 5.74) is -0.380. The smallest absolute Gasteiger partial charge is 0.303 e. The van der Waals surface area contributed by atoms with Crippen molar-refractivity contribution in [3.8, 4) is 0 Å². The zero-order chi connectivity index (χ0) is 15.3. The van der Waals surface area contributed by atoms with Crippen molar-refractivity contribution < 1.29 is 28.5 Å². The third kappa shape index (κ3) is 6.16. The molecule has 1 heterocycles. The molecular weight excluding hydrogens is 264 g/mol. The van der Waals surface area contributed by atoms with Gasteiger partial charge >= 0.3 is 11.9 Å². The molecule has 0 saturated carbocycles. The van der Waals surface area contributed by atoms with Gasteiger partial charge in [0, 0.05) is 13.8 Å². The van der Waals surface area contributed by atoms with Crippen molar-refractivity contribution in [2.24, 2.45) is 0 Å². The first-order valence-electron chi connectivity index (χ1n) is 6.49. The van der Waals surface area contributed by atoms with Gasteiger partial charge in [0.2, 0.25) is 0 Å². The fraction of sp³-hybridized carbons (Fsp3) is 0.714. The quantitative estimate of drug-likeness (QED) is 0.577. The van der Waals surface area contributed by atoms with E-state index in [-0.39, 0.29) is 12.2 Å². The monoisotopic (exact) mass is 286 g/mol. The molecule has 0 unspecified atom stereocenters. The highest BCUT2D eigenvalue weighted by Crippen LogP contribution is 2.21. The van der Waals surface area contributed by atoms with Crippen LogP contribution in [-0.2, 0) is 28.5 Å². The maximum atomic E-state index is 11.1. The molecule has 1 rings (SSSR count). The molecule has 0 fully saturated rings. The van der Waals surface area contributed by atoms with Gasteiger partial charge in [-0.05, 0) is 32.9 Å². The lowest BCUT2D eigenvalue weighted by Gasteiger charge is -2.34. The number of esters is 2. The minimum atomic E-state index is -0.591. The van der Waals surface area contributed by atoms with Gasteiger partial charge in [0.05, 0.1) is 5.60 Å². The summed E-state index contributed by atoms with van der Waals surface area (Å²) in [5, 5.41) is 0. The van der Waals surface area contributed by atoms with Crippen LogP contribution < -0.4 is 0 Å². The fourth-order valence-electron chi connectivity index (χ4n) is 1.68. The summed E-state index contributed by atoms with van der Waals surface area (Å²) in [6.07, 6.45) is 1.63. The first kappa shape index (κ1) is 16.7. The SMILES string of the molecule is CC(=O)OC[C@H]1O[C@@H](OC(C)(C)C)C=C[C@@H]1OC(C)=O. The molecule has 0 bridgehead atoms. The Morgan fingerprint density at radius 2 is 1.80 bits per heavy atom. The maximum Gasteiger partial charge on any atom is 0.303 e. The number of hydrogen-bond donors (Lipinski definition) is 0. The van der Waals surface area contributed by atoms with Gasteiger partial charge in [-0.3, -0.25) is 9.59 Å². The number of ether oxygens (including phenoxy) is 4. The second-order valence-corrected chi connectivity index (χ2v) is 5.53. The van der Waals surface area contributed by atoms with E-state index in [1.807, 2.05) is 20.8 Å². The minimum absolute atomic E-state index is 0.00161. The molecule has 0 aromatic rings. The highest BCUT2D eigenvalue weighted by atomic mass is 16.7. The third-order valence-corrected chi connectivity index (χ3v) is 2.36. The van der Waals surface area contributed by atoms with Crippen LogP contribution in [0.25, 0.3) is 0 Å². The normalized spacial score (nSPS) is 26.1. The maximum absolute atomic E-state index is 11.1. The van der Waals surface area contributed by atoms with E-state index in [1.165, 1.54) is 13.8 Å². The van der Waals surface area contributed by atoms with Crippen LogP contribution in [0.4, 0.5) is 0 Å². The molecule has 114 valence electrons. The van der Waals surface area contributed by atoms with E-state index in [0.29, 0.717) is 0 Å². The van der Waals surface area contributed by atoms with Gasteiger partial charge < -0.3 is 18.9 Å². The Bertz CT molecular complexity index is 382. The Kier molecular flexibility index (Phi) is 5.71. The van der Waals surface area contributed by atoms with E-state index in [0.717, 1.165) is 0 Å². The van der Waals surface area contributed by atoms with E-state index in [4.69, 9.17) is 18.9 Å². The number of rotatable bonds is 4. The number of hydrogen-bond acceptors (Lipinski definition) is 6. The summed E-state index contributed by atoms with van der Waals surface area (Å²) in [5.74, 6) is -0.843. The lowest BCUT2D eigenvalue weighted by molar-refractivity contribution is -0.223. The van der Waals surface area contributed by atoms with Crippen molar-refractivity contribution in [2.75, 3.05) is 6.61 Å². The molecule has 0 aromatic carbocycles. The van der Waals surface area contributed by atoms with Crippen LogP contribution >= 0.6 is 0 Å². The van der Waals surface area contributed by atoms with E-state index >= 15 is 0 Å². The second kappa shape index (κ2) is 6.85. The zero-order valence-corrected chi connectivity index (χ0v) is 12.5. The van der Waals surface area contributed by atoms with E-state index in [1.54, 1.807) is 12.2 Å². The molecule has 3 atom stereocenters. The minimum Gasteiger partial charge on any atom is -0.463 e. The van der Waals surface area contributed by atoms with Gasteiger partial charge in [-0.25, -0.2) is 0 Å². The summed E-state index contributed by atoms with van der Waals surface area (Å²) < 4.78 is 21.4. The van der Waals surface area contributed by atoms with Gasteiger partial charge in [0.25, 0.3) is 0 Å².